The second-order valence-electron chi connectivity index (χ2n) is 15.2. The van der Waals surface area contributed by atoms with Gasteiger partial charge < -0.3 is 9.30 Å². The van der Waals surface area contributed by atoms with E-state index in [1.165, 1.54) is 75.8 Å². The third-order valence-corrected chi connectivity index (χ3v) is 13.1. The van der Waals surface area contributed by atoms with Crippen LogP contribution in [0.25, 0.3) is 80.8 Å². The second-order valence-corrected chi connectivity index (χ2v) is 16.2. The fourth-order valence-corrected chi connectivity index (χ4v) is 10.5. The van der Waals surface area contributed by atoms with E-state index in [0.717, 1.165) is 33.1 Å². The van der Waals surface area contributed by atoms with Gasteiger partial charge in [-0.3, -0.25) is 0 Å². The Labute approximate surface area is 316 Å². The number of thiazole rings is 1. The van der Waals surface area contributed by atoms with Gasteiger partial charge in [-0.1, -0.05) is 129 Å². The van der Waals surface area contributed by atoms with Crippen LogP contribution in [0.3, 0.4) is 0 Å². The number of para-hydroxylation sites is 1. The Morgan fingerprint density at radius 3 is 2.17 bits per heavy atom. The molecule has 0 N–H and O–H groups in total. The van der Waals surface area contributed by atoms with Crippen LogP contribution >= 0.6 is 11.3 Å². The van der Waals surface area contributed by atoms with Crippen LogP contribution in [-0.2, 0) is 5.41 Å². The van der Waals surface area contributed by atoms with Gasteiger partial charge in [0, 0.05) is 49.3 Å². The Morgan fingerprint density at radius 2 is 1.26 bits per heavy atom. The lowest BCUT2D eigenvalue weighted by molar-refractivity contribution is 0.660. The molecular formula is C50H33N3S. The highest BCUT2D eigenvalue weighted by Gasteiger charge is 2.36. The first-order valence-corrected chi connectivity index (χ1v) is 19.5. The highest BCUT2D eigenvalue weighted by molar-refractivity contribution is 7.22. The molecule has 0 unspecified atom stereocenters. The van der Waals surface area contributed by atoms with Gasteiger partial charge in [-0.25, -0.2) is 4.98 Å². The molecule has 0 spiro atoms. The van der Waals surface area contributed by atoms with Gasteiger partial charge in [0.2, 0.25) is 0 Å². The summed E-state index contributed by atoms with van der Waals surface area (Å²) >= 11 is 1.80. The van der Waals surface area contributed by atoms with Gasteiger partial charge in [0.25, 0.3) is 0 Å². The van der Waals surface area contributed by atoms with Crippen LogP contribution in [0.5, 0.6) is 0 Å². The number of benzene rings is 8. The summed E-state index contributed by atoms with van der Waals surface area (Å²) < 4.78 is 3.73. The highest BCUT2D eigenvalue weighted by atomic mass is 32.1. The Bertz CT molecular complexity index is 3310. The fourth-order valence-electron chi connectivity index (χ4n) is 9.43. The van der Waals surface area contributed by atoms with Crippen LogP contribution in [0.4, 0.5) is 17.1 Å². The Morgan fingerprint density at radius 1 is 0.556 bits per heavy atom. The summed E-state index contributed by atoms with van der Waals surface area (Å²) in [6.07, 6.45) is 0. The molecule has 0 bridgehead atoms. The normalized spacial score (nSPS) is 13.5. The molecule has 12 rings (SSSR count). The summed E-state index contributed by atoms with van der Waals surface area (Å²) in [5.41, 5.74) is 14.7. The van der Waals surface area contributed by atoms with Gasteiger partial charge in [0.15, 0.2) is 0 Å². The van der Waals surface area contributed by atoms with Gasteiger partial charge in [0.1, 0.15) is 5.01 Å². The minimum atomic E-state index is -0.109. The standard InChI is InChI=1S/C50H33N3S/c1-50(2)40-20-10-8-18-35(40)36-25-23-33(28-41(36)50)52(43-22-12-16-30-13-6-7-17-34(30)43)32-24-26-45-38(27-32)39-29-42-48(54-49(51-42)31-14-4-3-5-15-31)46-37-19-9-11-21-44(37)53(45)47(39)46/h3-29H,1-2H3. The molecule has 254 valence electrons. The summed E-state index contributed by atoms with van der Waals surface area (Å²) in [6, 6.07) is 60.2. The zero-order valence-electron chi connectivity index (χ0n) is 29.8. The largest absolute Gasteiger partial charge is 0.310 e. The predicted molar refractivity (Wildman–Crippen MR) is 229 cm³/mol. The highest BCUT2D eigenvalue weighted by Crippen LogP contribution is 2.52. The van der Waals surface area contributed by atoms with Crippen molar-refractivity contribution in [1.29, 1.82) is 0 Å². The molecule has 0 saturated carbocycles. The molecule has 4 heteroatoms. The zero-order chi connectivity index (χ0) is 35.7. The lowest BCUT2D eigenvalue weighted by Gasteiger charge is -2.29. The average Bonchev–Trinajstić information content (AvgIpc) is 3.95. The molecule has 0 aliphatic heterocycles. The SMILES string of the molecule is CC1(C)c2ccccc2-c2ccc(N(c3ccc4c(c3)c3cc5nc(-c6ccccc6)sc5c5c6ccccc6n4c35)c3cccc4ccccc34)cc21. The van der Waals surface area contributed by atoms with Crippen LogP contribution in [0.1, 0.15) is 25.0 Å². The number of anilines is 3. The summed E-state index contributed by atoms with van der Waals surface area (Å²) in [6.45, 7) is 4.72. The number of fused-ring (bicyclic) bond motifs is 12. The molecule has 3 aromatic heterocycles. The van der Waals surface area contributed by atoms with Crippen LogP contribution in [0, 0.1) is 0 Å². The second kappa shape index (κ2) is 10.8. The summed E-state index contributed by atoms with van der Waals surface area (Å²) in [7, 11) is 0. The molecule has 8 aromatic carbocycles. The average molecular weight is 708 g/mol. The first-order valence-electron chi connectivity index (χ1n) is 18.6. The molecule has 3 heterocycles. The smallest absolute Gasteiger partial charge is 0.124 e. The molecule has 0 atom stereocenters. The number of hydrogen-bond donors (Lipinski definition) is 0. The molecule has 0 radical (unpaired) electrons. The van der Waals surface area contributed by atoms with Crippen LogP contribution in [0.15, 0.2) is 164 Å². The molecule has 1 aliphatic rings. The van der Waals surface area contributed by atoms with E-state index in [4.69, 9.17) is 4.98 Å². The van der Waals surface area contributed by atoms with Gasteiger partial charge in [-0.2, -0.15) is 0 Å². The van der Waals surface area contributed by atoms with E-state index in [9.17, 15) is 0 Å². The molecule has 1 aliphatic carbocycles. The Kier molecular flexibility index (Phi) is 6.00. The molecule has 0 fully saturated rings. The number of nitrogens with zero attached hydrogens (tertiary/aromatic N) is 3. The van der Waals surface area contributed by atoms with Crippen molar-refractivity contribution < 1.29 is 0 Å². The van der Waals surface area contributed by atoms with Gasteiger partial charge in [0.05, 0.1) is 32.5 Å². The molecule has 54 heavy (non-hydrogen) atoms. The molecule has 3 nitrogen and oxygen atoms in total. The maximum atomic E-state index is 5.27. The van der Waals surface area contributed by atoms with E-state index in [1.807, 2.05) is 0 Å². The van der Waals surface area contributed by atoms with E-state index in [0.29, 0.717) is 0 Å². The lowest BCUT2D eigenvalue weighted by atomic mass is 9.82. The summed E-state index contributed by atoms with van der Waals surface area (Å²) in [5.74, 6) is 0. The van der Waals surface area contributed by atoms with E-state index < -0.39 is 0 Å². The van der Waals surface area contributed by atoms with Crippen LogP contribution in [0.2, 0.25) is 0 Å². The zero-order valence-corrected chi connectivity index (χ0v) is 30.7. The lowest BCUT2D eigenvalue weighted by Crippen LogP contribution is -2.16. The van der Waals surface area contributed by atoms with Gasteiger partial charge in [-0.05, 0) is 76.2 Å². The minimum Gasteiger partial charge on any atom is -0.310 e. The van der Waals surface area contributed by atoms with E-state index >= 15 is 0 Å². The molecule has 11 aromatic rings. The van der Waals surface area contributed by atoms with Crippen molar-refractivity contribution in [3.05, 3.63) is 175 Å². The molecule has 0 amide bonds. The topological polar surface area (TPSA) is 20.5 Å². The van der Waals surface area contributed by atoms with E-state index in [1.54, 1.807) is 11.3 Å². The monoisotopic (exact) mass is 707 g/mol. The van der Waals surface area contributed by atoms with Crippen LogP contribution in [-0.4, -0.2) is 9.38 Å². The first kappa shape index (κ1) is 30.0. The van der Waals surface area contributed by atoms with Crippen molar-refractivity contribution in [2.24, 2.45) is 0 Å². The maximum absolute atomic E-state index is 5.27. The van der Waals surface area contributed by atoms with E-state index in [2.05, 4.69) is 187 Å². The van der Waals surface area contributed by atoms with Crippen molar-refractivity contribution in [2.75, 3.05) is 4.90 Å². The van der Waals surface area contributed by atoms with Crippen molar-refractivity contribution in [3.8, 4) is 21.7 Å². The van der Waals surface area contributed by atoms with Crippen molar-refractivity contribution >= 4 is 87.5 Å². The number of rotatable bonds is 4. The number of hydrogen-bond acceptors (Lipinski definition) is 3. The fraction of sp³-hybridized carbons (Fsp3) is 0.0600. The molecular weight excluding hydrogens is 675 g/mol. The Balaban J connectivity index is 1.14. The van der Waals surface area contributed by atoms with Gasteiger partial charge in [-0.15, -0.1) is 11.3 Å². The summed E-state index contributed by atoms with van der Waals surface area (Å²) in [4.78, 5) is 7.75. The number of aromatic nitrogens is 2. The van der Waals surface area contributed by atoms with Crippen LogP contribution < -0.4 is 4.90 Å². The third kappa shape index (κ3) is 3.98. The van der Waals surface area contributed by atoms with Crippen molar-refractivity contribution in [2.45, 2.75) is 19.3 Å². The third-order valence-electron chi connectivity index (χ3n) is 11.9. The maximum Gasteiger partial charge on any atom is 0.124 e. The predicted octanol–water partition coefficient (Wildman–Crippen LogP) is 14.0. The first-order chi connectivity index (χ1) is 26.5. The quantitative estimate of drug-likeness (QED) is 0.182. The molecule has 0 saturated heterocycles. The Hall–Kier alpha value is -6.49. The minimum absolute atomic E-state index is 0.109. The van der Waals surface area contributed by atoms with Gasteiger partial charge >= 0.3 is 0 Å². The van der Waals surface area contributed by atoms with Crippen molar-refractivity contribution in [1.82, 2.24) is 9.38 Å². The summed E-state index contributed by atoms with van der Waals surface area (Å²) in [5, 5.41) is 8.54. The van der Waals surface area contributed by atoms with Crippen molar-refractivity contribution in [3.63, 3.8) is 0 Å². The van der Waals surface area contributed by atoms with E-state index in [-0.39, 0.29) is 5.41 Å².